The predicted molar refractivity (Wildman–Crippen MR) is 68.9 cm³/mol. The first-order valence-electron chi connectivity index (χ1n) is 5.28. The van der Waals surface area contributed by atoms with E-state index in [4.69, 9.17) is 9.47 Å². The average molecular weight is 335 g/mol. The summed E-state index contributed by atoms with van der Waals surface area (Å²) in [6.07, 6.45) is 3.70. The molecule has 16 heavy (non-hydrogen) atoms. The summed E-state index contributed by atoms with van der Waals surface area (Å²) < 4.78 is 13.3. The van der Waals surface area contributed by atoms with Gasteiger partial charge in [0, 0.05) is 26.1 Å². The van der Waals surface area contributed by atoms with Crippen LogP contribution in [0.3, 0.4) is 0 Å². The summed E-state index contributed by atoms with van der Waals surface area (Å²) in [6.45, 7) is 1.48. The number of ether oxygens (including phenoxy) is 2. The highest BCUT2D eigenvalue weighted by Crippen LogP contribution is 2.21. The average Bonchev–Trinajstić information content (AvgIpc) is 2.31. The van der Waals surface area contributed by atoms with Gasteiger partial charge in [-0.25, -0.2) is 0 Å². The van der Waals surface area contributed by atoms with E-state index < -0.39 is 0 Å². The van der Waals surface area contributed by atoms with Crippen molar-refractivity contribution in [3.05, 3.63) is 26.2 Å². The molecule has 5 heteroatoms. The molecule has 1 aromatic heterocycles. The molecule has 4 nitrogen and oxygen atoms in total. The van der Waals surface area contributed by atoms with Gasteiger partial charge in [-0.05, 0) is 28.7 Å². The standard InChI is InChI=1S/C11H14INO3/c1-13-5-2-9(10(12)11(13)14)16-8-3-6-15-7-4-8/h2,5,8H,3-4,6-7H2,1H3. The fourth-order valence-corrected chi connectivity index (χ4v) is 2.33. The monoisotopic (exact) mass is 335 g/mol. The lowest BCUT2D eigenvalue weighted by atomic mass is 10.1. The fraction of sp³-hybridized carbons (Fsp3) is 0.545. The van der Waals surface area contributed by atoms with Crippen LogP contribution >= 0.6 is 22.6 Å². The molecule has 0 aromatic carbocycles. The number of nitrogens with zero attached hydrogens (tertiary/aromatic N) is 1. The Morgan fingerprint density at radius 2 is 2.19 bits per heavy atom. The van der Waals surface area contributed by atoms with Gasteiger partial charge in [0.25, 0.3) is 5.56 Å². The van der Waals surface area contributed by atoms with Crippen LogP contribution in [0.25, 0.3) is 0 Å². The number of hydrogen-bond acceptors (Lipinski definition) is 3. The molecule has 0 unspecified atom stereocenters. The molecule has 0 atom stereocenters. The second-order valence-corrected chi connectivity index (χ2v) is 4.92. The van der Waals surface area contributed by atoms with Crippen molar-refractivity contribution in [1.29, 1.82) is 0 Å². The van der Waals surface area contributed by atoms with Crippen molar-refractivity contribution in [3.8, 4) is 5.75 Å². The lowest BCUT2D eigenvalue weighted by molar-refractivity contribution is 0.0251. The zero-order valence-electron chi connectivity index (χ0n) is 9.11. The van der Waals surface area contributed by atoms with Gasteiger partial charge in [0.05, 0.1) is 13.2 Å². The Morgan fingerprint density at radius 3 is 2.88 bits per heavy atom. The van der Waals surface area contributed by atoms with Crippen molar-refractivity contribution in [2.45, 2.75) is 18.9 Å². The van der Waals surface area contributed by atoms with Gasteiger partial charge in [-0.2, -0.15) is 0 Å². The van der Waals surface area contributed by atoms with E-state index in [1.54, 1.807) is 17.8 Å². The first-order chi connectivity index (χ1) is 7.68. The van der Waals surface area contributed by atoms with Gasteiger partial charge in [0.15, 0.2) is 0 Å². The number of hydrogen-bond donors (Lipinski definition) is 0. The normalized spacial score (nSPS) is 17.4. The summed E-state index contributed by atoms with van der Waals surface area (Å²) in [4.78, 5) is 11.7. The molecule has 1 aliphatic heterocycles. The lowest BCUT2D eigenvalue weighted by Gasteiger charge is -2.23. The quantitative estimate of drug-likeness (QED) is 0.770. The van der Waals surface area contributed by atoms with Crippen LogP contribution in [-0.4, -0.2) is 23.9 Å². The van der Waals surface area contributed by atoms with Crippen LogP contribution in [0.5, 0.6) is 5.75 Å². The number of aromatic nitrogens is 1. The first-order valence-corrected chi connectivity index (χ1v) is 6.36. The van der Waals surface area contributed by atoms with Crippen LogP contribution < -0.4 is 10.3 Å². The van der Waals surface area contributed by atoms with Crippen LogP contribution in [0.2, 0.25) is 0 Å². The van der Waals surface area contributed by atoms with Crippen LogP contribution in [0.4, 0.5) is 0 Å². The number of halogens is 1. The van der Waals surface area contributed by atoms with Gasteiger partial charge in [-0.3, -0.25) is 4.79 Å². The molecule has 1 saturated heterocycles. The van der Waals surface area contributed by atoms with E-state index in [2.05, 4.69) is 0 Å². The number of pyridine rings is 1. The van der Waals surface area contributed by atoms with Crippen LogP contribution in [0, 0.1) is 3.57 Å². The third-order valence-corrected chi connectivity index (χ3v) is 3.63. The Hall–Kier alpha value is -0.560. The van der Waals surface area contributed by atoms with Gasteiger partial charge in [0.2, 0.25) is 0 Å². The minimum Gasteiger partial charge on any atom is -0.489 e. The molecule has 0 aliphatic carbocycles. The lowest BCUT2D eigenvalue weighted by Crippen LogP contribution is -2.28. The van der Waals surface area contributed by atoms with Gasteiger partial charge >= 0.3 is 0 Å². The molecule has 88 valence electrons. The van der Waals surface area contributed by atoms with E-state index in [0.29, 0.717) is 9.32 Å². The smallest absolute Gasteiger partial charge is 0.267 e. The van der Waals surface area contributed by atoms with E-state index in [9.17, 15) is 4.79 Å². The molecule has 1 aromatic rings. The van der Waals surface area contributed by atoms with Crippen molar-refractivity contribution in [1.82, 2.24) is 4.57 Å². The topological polar surface area (TPSA) is 40.5 Å². The molecule has 0 radical (unpaired) electrons. The number of aryl methyl sites for hydroxylation is 1. The van der Waals surface area contributed by atoms with Crippen molar-refractivity contribution in [2.24, 2.45) is 7.05 Å². The van der Waals surface area contributed by atoms with Crippen molar-refractivity contribution in [3.63, 3.8) is 0 Å². The molecule has 0 bridgehead atoms. The molecule has 1 aliphatic rings. The van der Waals surface area contributed by atoms with Gasteiger partial charge in [0.1, 0.15) is 15.4 Å². The highest BCUT2D eigenvalue weighted by atomic mass is 127. The Morgan fingerprint density at radius 1 is 1.50 bits per heavy atom. The predicted octanol–water partition coefficient (Wildman–Crippen LogP) is 1.55. The minimum absolute atomic E-state index is 0.00911. The van der Waals surface area contributed by atoms with Gasteiger partial charge in [-0.15, -0.1) is 0 Å². The van der Waals surface area contributed by atoms with Crippen molar-refractivity contribution < 1.29 is 9.47 Å². The van der Waals surface area contributed by atoms with Crippen molar-refractivity contribution in [2.75, 3.05) is 13.2 Å². The molecular weight excluding hydrogens is 321 g/mol. The van der Waals surface area contributed by atoms with Gasteiger partial charge in [-0.1, -0.05) is 0 Å². The number of rotatable bonds is 2. The van der Waals surface area contributed by atoms with Crippen LogP contribution in [0.1, 0.15) is 12.8 Å². The summed E-state index contributed by atoms with van der Waals surface area (Å²) in [7, 11) is 1.74. The SMILES string of the molecule is Cn1ccc(OC2CCOCC2)c(I)c1=O. The summed E-state index contributed by atoms with van der Waals surface area (Å²) in [5, 5.41) is 0. The highest BCUT2D eigenvalue weighted by Gasteiger charge is 2.17. The highest BCUT2D eigenvalue weighted by molar-refractivity contribution is 14.1. The minimum atomic E-state index is -0.00911. The second-order valence-electron chi connectivity index (χ2n) is 3.84. The van der Waals surface area contributed by atoms with E-state index in [-0.39, 0.29) is 11.7 Å². The maximum absolute atomic E-state index is 11.7. The summed E-state index contributed by atoms with van der Waals surface area (Å²) >= 11 is 2.04. The van der Waals surface area contributed by atoms with Crippen LogP contribution in [0.15, 0.2) is 17.1 Å². The molecular formula is C11H14INO3. The molecule has 2 heterocycles. The largest absolute Gasteiger partial charge is 0.489 e. The van der Waals surface area contributed by atoms with Gasteiger partial charge < -0.3 is 14.0 Å². The van der Waals surface area contributed by atoms with Crippen molar-refractivity contribution >= 4 is 22.6 Å². The van der Waals surface area contributed by atoms with E-state index in [0.717, 1.165) is 26.1 Å². The Balaban J connectivity index is 2.15. The van der Waals surface area contributed by atoms with Crippen LogP contribution in [-0.2, 0) is 11.8 Å². The van der Waals surface area contributed by atoms with E-state index in [1.165, 1.54) is 0 Å². The second kappa shape index (κ2) is 5.18. The molecule has 1 fully saturated rings. The fourth-order valence-electron chi connectivity index (χ4n) is 1.64. The zero-order valence-corrected chi connectivity index (χ0v) is 11.3. The van der Waals surface area contributed by atoms with E-state index >= 15 is 0 Å². The Labute approximate surface area is 108 Å². The van der Waals surface area contributed by atoms with E-state index in [1.807, 2.05) is 28.7 Å². The molecule has 0 N–H and O–H groups in total. The summed E-state index contributed by atoms with van der Waals surface area (Å²) in [5.41, 5.74) is -0.00911. The maximum atomic E-state index is 11.7. The molecule has 2 rings (SSSR count). The Bertz CT molecular complexity index is 424. The maximum Gasteiger partial charge on any atom is 0.267 e. The summed E-state index contributed by atoms with van der Waals surface area (Å²) in [5.74, 6) is 0.690. The third-order valence-electron chi connectivity index (χ3n) is 2.64. The summed E-state index contributed by atoms with van der Waals surface area (Å²) in [6, 6.07) is 1.85. The first kappa shape index (κ1) is 11.9. The molecule has 0 saturated carbocycles. The molecule has 0 spiro atoms. The zero-order chi connectivity index (χ0) is 11.5. The third kappa shape index (κ3) is 2.57. The Kier molecular flexibility index (Phi) is 3.86. The molecule has 0 amide bonds.